The van der Waals surface area contributed by atoms with Crippen LogP contribution in [0.2, 0.25) is 0 Å². The predicted molar refractivity (Wildman–Crippen MR) is 136 cm³/mol. The van der Waals surface area contributed by atoms with Gasteiger partial charge in [-0.15, -0.1) is 0 Å². The van der Waals surface area contributed by atoms with E-state index in [1.165, 1.54) is 0 Å². The van der Waals surface area contributed by atoms with Gasteiger partial charge in [0.1, 0.15) is 0 Å². The highest BCUT2D eigenvalue weighted by molar-refractivity contribution is 5.74. The van der Waals surface area contributed by atoms with Gasteiger partial charge >= 0.3 is 12.1 Å². The summed E-state index contributed by atoms with van der Waals surface area (Å²) >= 11 is 0. The van der Waals surface area contributed by atoms with Crippen LogP contribution in [-0.2, 0) is 11.0 Å². The summed E-state index contributed by atoms with van der Waals surface area (Å²) in [6.45, 7) is 18.7. The number of hydrogen-bond donors (Lipinski definition) is 1. The second kappa shape index (κ2) is 10.8. The minimum Gasteiger partial charge on any atom is -0.481 e. The van der Waals surface area contributed by atoms with Crippen molar-refractivity contribution in [3.8, 4) is 0 Å². The topological polar surface area (TPSA) is 40.5 Å². The molecule has 0 amide bonds. The van der Waals surface area contributed by atoms with E-state index in [4.69, 9.17) is 0 Å². The van der Waals surface area contributed by atoms with Crippen LogP contribution in [0.1, 0.15) is 105 Å². The zero-order chi connectivity index (χ0) is 26.8. The maximum Gasteiger partial charge on any atom is 0.416 e. The number of halogens is 3. The monoisotopic (exact) mass is 497 g/mol. The van der Waals surface area contributed by atoms with Crippen LogP contribution in [0.5, 0.6) is 0 Å². The maximum absolute atomic E-state index is 13.3. The van der Waals surface area contributed by atoms with Gasteiger partial charge in [-0.25, -0.2) is 0 Å². The lowest BCUT2D eigenvalue weighted by molar-refractivity contribution is -0.152. The van der Waals surface area contributed by atoms with Crippen molar-refractivity contribution >= 4 is 5.97 Å². The number of carboxylic acids is 1. The highest BCUT2D eigenvalue weighted by Crippen LogP contribution is 2.49. The zero-order valence-corrected chi connectivity index (χ0v) is 22.9. The van der Waals surface area contributed by atoms with Crippen molar-refractivity contribution in [3.05, 3.63) is 35.4 Å². The molecule has 1 fully saturated rings. The Morgan fingerprint density at radius 2 is 1.37 bits per heavy atom. The fraction of sp³-hybridized carbons (Fsp3) is 0.759. The molecule has 2 rings (SSSR count). The summed E-state index contributed by atoms with van der Waals surface area (Å²) in [6.07, 6.45) is 0.209. The number of aliphatic carboxylic acids is 1. The average Bonchev–Trinajstić information content (AvgIpc) is 2.71. The molecule has 1 saturated carbocycles. The van der Waals surface area contributed by atoms with E-state index in [2.05, 4.69) is 46.4 Å². The van der Waals surface area contributed by atoms with Crippen LogP contribution in [0.25, 0.3) is 0 Å². The molecule has 200 valence electrons. The van der Waals surface area contributed by atoms with Gasteiger partial charge in [-0.3, -0.25) is 9.69 Å². The van der Waals surface area contributed by atoms with Gasteiger partial charge in [0, 0.05) is 12.0 Å². The first kappa shape index (κ1) is 29.7. The largest absolute Gasteiger partial charge is 0.481 e. The lowest BCUT2D eigenvalue weighted by Crippen LogP contribution is -2.50. The first-order valence-electron chi connectivity index (χ1n) is 13.0. The van der Waals surface area contributed by atoms with Crippen LogP contribution in [0, 0.1) is 22.2 Å². The van der Waals surface area contributed by atoms with Gasteiger partial charge in [0.2, 0.25) is 0 Å². The fourth-order valence-electron chi connectivity index (χ4n) is 5.30. The van der Waals surface area contributed by atoms with E-state index >= 15 is 0 Å². The molecule has 6 heteroatoms. The third kappa shape index (κ3) is 8.23. The lowest BCUT2D eigenvalue weighted by atomic mass is 9.61. The van der Waals surface area contributed by atoms with Crippen LogP contribution in [-0.4, -0.2) is 35.1 Å². The molecule has 3 unspecified atom stereocenters. The summed E-state index contributed by atoms with van der Waals surface area (Å²) in [7, 11) is 0. The summed E-state index contributed by atoms with van der Waals surface area (Å²) in [5.74, 6) is -1.16. The summed E-state index contributed by atoms with van der Waals surface area (Å²) < 4.78 is 39.8. The van der Waals surface area contributed by atoms with E-state index in [9.17, 15) is 23.1 Å². The number of alkyl halides is 3. The third-order valence-electron chi connectivity index (χ3n) is 7.73. The number of benzene rings is 1. The molecule has 1 aromatic carbocycles. The Bertz CT molecular complexity index is 813. The van der Waals surface area contributed by atoms with Crippen LogP contribution < -0.4 is 0 Å². The summed E-state index contributed by atoms with van der Waals surface area (Å²) in [4.78, 5) is 14.8. The van der Waals surface area contributed by atoms with E-state index in [0.717, 1.165) is 62.9 Å². The summed E-state index contributed by atoms with van der Waals surface area (Å²) in [6, 6.07) is 5.57. The van der Waals surface area contributed by atoms with Crippen molar-refractivity contribution in [2.24, 2.45) is 22.2 Å². The zero-order valence-electron chi connectivity index (χ0n) is 22.9. The van der Waals surface area contributed by atoms with Crippen molar-refractivity contribution in [2.45, 2.75) is 106 Å². The first-order valence-corrected chi connectivity index (χ1v) is 13.0. The normalized spacial score (nSPS) is 22.5. The van der Waals surface area contributed by atoms with Gasteiger partial charge in [0.15, 0.2) is 0 Å². The van der Waals surface area contributed by atoms with E-state index in [0.29, 0.717) is 0 Å². The first-order chi connectivity index (χ1) is 15.8. The van der Waals surface area contributed by atoms with Gasteiger partial charge in [0.25, 0.3) is 0 Å². The third-order valence-corrected chi connectivity index (χ3v) is 7.73. The molecule has 1 aromatic rings. The van der Waals surface area contributed by atoms with Gasteiger partial charge < -0.3 is 5.11 Å². The van der Waals surface area contributed by atoms with E-state index in [1.54, 1.807) is 26.0 Å². The van der Waals surface area contributed by atoms with Crippen molar-refractivity contribution < 1.29 is 23.1 Å². The van der Waals surface area contributed by atoms with Crippen molar-refractivity contribution in [3.63, 3.8) is 0 Å². The molecule has 3 atom stereocenters. The predicted octanol–water partition coefficient (Wildman–Crippen LogP) is 8.24. The van der Waals surface area contributed by atoms with Crippen LogP contribution in [0.15, 0.2) is 24.3 Å². The van der Waals surface area contributed by atoms with E-state index < -0.39 is 23.1 Å². The van der Waals surface area contributed by atoms with Gasteiger partial charge in [-0.05, 0) is 87.1 Å². The highest BCUT2D eigenvalue weighted by atomic mass is 19.4. The quantitative estimate of drug-likeness (QED) is 0.393. The van der Waals surface area contributed by atoms with Crippen molar-refractivity contribution in [1.29, 1.82) is 0 Å². The Morgan fingerprint density at radius 1 is 0.886 bits per heavy atom. The smallest absolute Gasteiger partial charge is 0.416 e. The SMILES string of the molecule is CC(C)(C)CCN(CCC(C)(C)C)C1CCCC(C(C)(C)C(=O)O)C1c1ccc(C(F)(F)F)cc1. The van der Waals surface area contributed by atoms with Crippen molar-refractivity contribution in [2.75, 3.05) is 13.1 Å². The van der Waals surface area contributed by atoms with Crippen molar-refractivity contribution in [1.82, 2.24) is 4.90 Å². The molecule has 0 heterocycles. The number of carbonyl (C=O) groups is 1. The minimum absolute atomic E-state index is 0.0915. The lowest BCUT2D eigenvalue weighted by Gasteiger charge is -2.49. The van der Waals surface area contributed by atoms with Crippen LogP contribution >= 0.6 is 0 Å². The number of carboxylic acid groups (broad SMARTS) is 1. The Labute approximate surface area is 210 Å². The highest BCUT2D eigenvalue weighted by Gasteiger charge is 2.48. The second-order valence-corrected chi connectivity index (χ2v) is 13.4. The Morgan fingerprint density at radius 3 is 1.77 bits per heavy atom. The van der Waals surface area contributed by atoms with Gasteiger partial charge in [-0.2, -0.15) is 13.2 Å². The Kier molecular flexibility index (Phi) is 9.17. The molecule has 0 radical (unpaired) electrons. The molecule has 0 bridgehead atoms. The molecular weight excluding hydrogens is 451 g/mol. The maximum atomic E-state index is 13.3. The molecule has 1 aliphatic rings. The Hall–Kier alpha value is -1.56. The Balaban J connectivity index is 2.54. The van der Waals surface area contributed by atoms with E-state index in [-0.39, 0.29) is 28.7 Å². The van der Waals surface area contributed by atoms with E-state index in [1.807, 2.05) is 0 Å². The van der Waals surface area contributed by atoms with Gasteiger partial charge in [0.05, 0.1) is 11.0 Å². The number of rotatable bonds is 8. The minimum atomic E-state index is -4.39. The molecule has 1 N–H and O–H groups in total. The molecule has 35 heavy (non-hydrogen) atoms. The number of hydrogen-bond acceptors (Lipinski definition) is 2. The molecule has 1 aliphatic carbocycles. The molecule has 0 spiro atoms. The molecule has 0 aromatic heterocycles. The fourth-order valence-corrected chi connectivity index (χ4v) is 5.30. The summed E-state index contributed by atoms with van der Waals surface area (Å²) in [5, 5.41) is 10.1. The standard InChI is InChI=1S/C29H46F3NO2/c1-26(2,3)16-18-33(19-17-27(4,5)6)23-11-9-10-22(28(7,8)25(34)35)24(23)20-12-14-21(15-13-20)29(30,31)32/h12-15,22-24H,9-11,16-19H2,1-8H3,(H,34,35). The van der Waals surface area contributed by atoms with Crippen LogP contribution in [0.4, 0.5) is 13.2 Å². The second-order valence-electron chi connectivity index (χ2n) is 13.4. The molecule has 0 saturated heterocycles. The van der Waals surface area contributed by atoms with Crippen LogP contribution in [0.3, 0.4) is 0 Å². The molecule has 0 aliphatic heterocycles. The molecular formula is C29H46F3NO2. The molecule has 3 nitrogen and oxygen atoms in total. The average molecular weight is 498 g/mol. The number of nitrogens with zero attached hydrogens (tertiary/aromatic N) is 1. The summed E-state index contributed by atoms with van der Waals surface area (Å²) in [5.41, 5.74) is -0.527. The van der Waals surface area contributed by atoms with Gasteiger partial charge in [-0.1, -0.05) is 60.1 Å².